The van der Waals surface area contributed by atoms with Gasteiger partial charge in [0.05, 0.1) is 31.0 Å². The Bertz CT molecular complexity index is 1060. The minimum Gasteiger partial charge on any atom is -0.616 e. The van der Waals surface area contributed by atoms with Gasteiger partial charge in [0.25, 0.3) is 0 Å². The molecule has 0 spiro atoms. The lowest BCUT2D eigenvalue weighted by atomic mass is 9.67. The van der Waals surface area contributed by atoms with Crippen molar-refractivity contribution >= 4 is 46.3 Å². The first-order chi connectivity index (χ1) is 17.0. The van der Waals surface area contributed by atoms with Crippen molar-refractivity contribution in [3.63, 3.8) is 0 Å². The second-order valence-corrected chi connectivity index (χ2v) is 13.0. The molecule has 196 valence electrons. The smallest absolute Gasteiger partial charge is 0.306 e. The average Bonchev–Trinajstić information content (AvgIpc) is 2.84. The van der Waals surface area contributed by atoms with E-state index in [1.807, 2.05) is 81.1 Å². The van der Waals surface area contributed by atoms with Gasteiger partial charge < -0.3 is 14.2 Å². The van der Waals surface area contributed by atoms with E-state index in [1.165, 1.54) is 7.11 Å². The lowest BCUT2D eigenvalue weighted by molar-refractivity contribution is -0.161. The highest BCUT2D eigenvalue weighted by atomic mass is 35.5. The number of rotatable bonds is 9. The second-order valence-electron chi connectivity index (χ2n) is 10.0. The van der Waals surface area contributed by atoms with Crippen LogP contribution in [0.4, 0.5) is 0 Å². The number of hydrogen-bond acceptors (Lipinski definition) is 4. The molecule has 2 aromatic rings. The molecule has 8 heteroatoms. The predicted octanol–water partition coefficient (Wildman–Crippen LogP) is 6.56. The Labute approximate surface area is 227 Å². The zero-order chi connectivity index (χ0) is 26.6. The van der Waals surface area contributed by atoms with Gasteiger partial charge in [-0.3, -0.25) is 9.59 Å². The van der Waals surface area contributed by atoms with E-state index < -0.39 is 22.6 Å². The summed E-state index contributed by atoms with van der Waals surface area (Å²) in [7, 11) is 1.34. The number of methoxy groups -OCH3 is 1. The van der Waals surface area contributed by atoms with Gasteiger partial charge in [-0.05, 0) is 73.3 Å². The van der Waals surface area contributed by atoms with Crippen LogP contribution in [0.3, 0.4) is 0 Å². The first-order valence-electron chi connectivity index (χ1n) is 12.3. The summed E-state index contributed by atoms with van der Waals surface area (Å²) in [5, 5.41) is 1.18. The van der Waals surface area contributed by atoms with Crippen LogP contribution in [0, 0.1) is 5.41 Å². The van der Waals surface area contributed by atoms with Crippen molar-refractivity contribution in [2.45, 2.75) is 70.2 Å². The van der Waals surface area contributed by atoms with E-state index in [1.54, 1.807) is 0 Å². The van der Waals surface area contributed by atoms with E-state index >= 15 is 0 Å². The Hall–Kier alpha value is -1.73. The van der Waals surface area contributed by atoms with E-state index in [0.29, 0.717) is 28.6 Å². The van der Waals surface area contributed by atoms with Gasteiger partial charge >= 0.3 is 5.97 Å². The normalized spacial score (nSPS) is 24.0. The van der Waals surface area contributed by atoms with Crippen LogP contribution in [0.1, 0.15) is 70.0 Å². The van der Waals surface area contributed by atoms with E-state index in [4.69, 9.17) is 27.9 Å². The summed E-state index contributed by atoms with van der Waals surface area (Å²) in [5.41, 5.74) is 0.929. The van der Waals surface area contributed by atoms with E-state index in [-0.39, 0.29) is 35.6 Å². The van der Waals surface area contributed by atoms with Crippen molar-refractivity contribution in [2.24, 2.45) is 5.41 Å². The van der Waals surface area contributed by atoms with E-state index in [0.717, 1.165) is 11.1 Å². The molecule has 0 aromatic heterocycles. The number of halogens is 2. The van der Waals surface area contributed by atoms with Crippen LogP contribution in [-0.2, 0) is 25.5 Å². The molecule has 0 radical (unpaired) electrons. The van der Waals surface area contributed by atoms with Crippen molar-refractivity contribution in [1.29, 1.82) is 0 Å². The number of ether oxygens (including phenoxy) is 1. The third-order valence-corrected chi connectivity index (χ3v) is 9.35. The molecule has 0 saturated carbocycles. The van der Waals surface area contributed by atoms with Crippen molar-refractivity contribution in [3.05, 3.63) is 69.7 Å². The highest BCUT2D eigenvalue weighted by Gasteiger charge is 2.53. The SMILES string of the molecule is CCC(C[S@@+]([O-])C(C)C)N1C(=O)[C@@](C)(CC(=O)OC)C[C@H](c2cccc(Cl)c2)[C@H]1c1ccc(Cl)cc1. The van der Waals surface area contributed by atoms with Crippen LogP contribution < -0.4 is 0 Å². The summed E-state index contributed by atoms with van der Waals surface area (Å²) in [6.07, 6.45) is 1.03. The zero-order valence-electron chi connectivity index (χ0n) is 21.5. The largest absolute Gasteiger partial charge is 0.616 e. The summed E-state index contributed by atoms with van der Waals surface area (Å²) in [6.45, 7) is 7.69. The first-order valence-corrected chi connectivity index (χ1v) is 14.4. The highest BCUT2D eigenvalue weighted by molar-refractivity contribution is 7.92. The molecule has 5 nitrogen and oxygen atoms in total. The second kappa shape index (κ2) is 12.2. The maximum absolute atomic E-state index is 14.3. The summed E-state index contributed by atoms with van der Waals surface area (Å²) < 4.78 is 18.0. The van der Waals surface area contributed by atoms with Gasteiger partial charge in [0.1, 0.15) is 11.0 Å². The van der Waals surface area contributed by atoms with Gasteiger partial charge in [-0.1, -0.05) is 61.3 Å². The molecule has 36 heavy (non-hydrogen) atoms. The molecule has 0 N–H and O–H groups in total. The minimum atomic E-state index is -1.12. The molecule has 1 heterocycles. The fourth-order valence-corrected chi connectivity index (χ4v) is 6.60. The third kappa shape index (κ3) is 6.39. The zero-order valence-corrected chi connectivity index (χ0v) is 23.8. The van der Waals surface area contributed by atoms with Crippen molar-refractivity contribution in [1.82, 2.24) is 4.90 Å². The Morgan fingerprint density at radius 2 is 1.83 bits per heavy atom. The molecule has 1 unspecified atom stereocenters. The Balaban J connectivity index is 2.22. The van der Waals surface area contributed by atoms with E-state index in [2.05, 4.69) is 0 Å². The Morgan fingerprint density at radius 3 is 2.39 bits per heavy atom. The van der Waals surface area contributed by atoms with E-state index in [9.17, 15) is 14.1 Å². The number of likely N-dealkylation sites (tertiary alicyclic amines) is 1. The summed E-state index contributed by atoms with van der Waals surface area (Å²) >= 11 is 11.5. The van der Waals surface area contributed by atoms with Gasteiger partial charge in [0, 0.05) is 16.0 Å². The number of benzene rings is 2. The maximum atomic E-state index is 14.3. The van der Waals surface area contributed by atoms with Gasteiger partial charge in [0.2, 0.25) is 5.91 Å². The first kappa shape index (κ1) is 28.8. The van der Waals surface area contributed by atoms with Gasteiger partial charge in [-0.25, -0.2) is 0 Å². The molecule has 0 bridgehead atoms. The molecular formula is C28H35Cl2NO4S. The highest BCUT2D eigenvalue weighted by Crippen LogP contribution is 2.52. The number of hydrogen-bond donors (Lipinski definition) is 0. The topological polar surface area (TPSA) is 69.7 Å². The molecule has 5 atom stereocenters. The van der Waals surface area contributed by atoms with Crippen LogP contribution >= 0.6 is 23.2 Å². The summed E-state index contributed by atoms with van der Waals surface area (Å²) in [6, 6.07) is 14.6. The third-order valence-electron chi connectivity index (χ3n) is 7.10. The molecular weight excluding hydrogens is 517 g/mol. The number of carbonyl (C=O) groups excluding carboxylic acids is 2. The molecule has 2 aromatic carbocycles. The molecule has 1 amide bonds. The van der Waals surface area contributed by atoms with Gasteiger partial charge in [-0.15, -0.1) is 0 Å². The lowest BCUT2D eigenvalue weighted by Gasteiger charge is -2.51. The van der Waals surface area contributed by atoms with Crippen LogP contribution in [0.5, 0.6) is 0 Å². The monoisotopic (exact) mass is 551 g/mol. The van der Waals surface area contributed by atoms with Crippen LogP contribution in [0.15, 0.2) is 48.5 Å². The quantitative estimate of drug-likeness (QED) is 0.261. The molecule has 0 aliphatic carbocycles. The summed E-state index contributed by atoms with van der Waals surface area (Å²) in [4.78, 5) is 28.7. The molecule has 1 aliphatic heterocycles. The number of amides is 1. The minimum absolute atomic E-state index is 0.0295. The molecule has 3 rings (SSSR count). The van der Waals surface area contributed by atoms with Crippen molar-refractivity contribution < 1.29 is 18.9 Å². The number of carbonyl (C=O) groups is 2. The Morgan fingerprint density at radius 1 is 1.17 bits per heavy atom. The number of piperidine rings is 1. The van der Waals surface area contributed by atoms with Crippen LogP contribution in [0.25, 0.3) is 0 Å². The molecule has 1 aliphatic rings. The van der Waals surface area contributed by atoms with Crippen molar-refractivity contribution in [3.8, 4) is 0 Å². The lowest BCUT2D eigenvalue weighted by Crippen LogP contribution is -2.57. The maximum Gasteiger partial charge on any atom is 0.306 e. The standard InChI is InChI=1S/C28H35Cl2NO4S/c1-6-23(17-36(34)18(2)3)31-26(19-10-12-21(29)13-11-19)24(20-8-7-9-22(30)14-20)15-28(4,27(31)33)16-25(32)35-5/h7-14,18,23-24,26H,6,15-17H2,1-5H3/t23?,24-,26-,28-,36-/m1/s1. The van der Waals surface area contributed by atoms with Gasteiger partial charge in [-0.2, -0.15) is 0 Å². The van der Waals surface area contributed by atoms with Gasteiger partial charge in [0.15, 0.2) is 0 Å². The fourth-order valence-electron chi connectivity index (χ4n) is 5.11. The molecule has 1 saturated heterocycles. The van der Waals surface area contributed by atoms with Crippen LogP contribution in [-0.4, -0.2) is 45.5 Å². The number of nitrogens with zero attached hydrogens (tertiary/aromatic N) is 1. The predicted molar refractivity (Wildman–Crippen MR) is 147 cm³/mol. The van der Waals surface area contributed by atoms with Crippen molar-refractivity contribution in [2.75, 3.05) is 12.9 Å². The molecule has 1 fully saturated rings. The fraction of sp³-hybridized carbons (Fsp3) is 0.500. The average molecular weight is 553 g/mol. The van der Waals surface area contributed by atoms with Crippen LogP contribution in [0.2, 0.25) is 10.0 Å². The Kier molecular flexibility index (Phi) is 9.78. The summed E-state index contributed by atoms with van der Waals surface area (Å²) in [5.74, 6) is -0.350. The number of esters is 1.